The molecule has 4 N–H and O–H groups in total. The molecule has 0 spiro atoms. The van der Waals surface area contributed by atoms with E-state index in [9.17, 15) is 9.59 Å². The zero-order valence-corrected chi connectivity index (χ0v) is 17.4. The van der Waals surface area contributed by atoms with Gasteiger partial charge in [0.2, 0.25) is 23.7 Å². The molecule has 0 saturated carbocycles. The predicted molar refractivity (Wildman–Crippen MR) is 114 cm³/mol. The number of pyridine rings is 1. The molecule has 0 bridgehead atoms. The molecule has 3 rings (SSSR count). The third-order valence-electron chi connectivity index (χ3n) is 3.64. The molecule has 0 aliphatic rings. The number of carbonyl (C=O) groups is 2. The molecule has 12 nitrogen and oxygen atoms in total. The molecule has 158 valence electrons. The third-order valence-corrected chi connectivity index (χ3v) is 4.57. The van der Waals surface area contributed by atoms with E-state index in [1.807, 2.05) is 13.8 Å². The van der Waals surface area contributed by atoms with Crippen molar-refractivity contribution in [2.45, 2.75) is 19.0 Å². The molecule has 2 amide bonds. The summed E-state index contributed by atoms with van der Waals surface area (Å²) < 4.78 is 1.65. The maximum atomic E-state index is 12.1. The largest absolute Gasteiger partial charge is 0.355 e. The van der Waals surface area contributed by atoms with E-state index in [0.29, 0.717) is 41.6 Å². The van der Waals surface area contributed by atoms with Gasteiger partial charge in [-0.2, -0.15) is 9.97 Å². The Labute approximate surface area is 176 Å². The summed E-state index contributed by atoms with van der Waals surface area (Å²) in [6.45, 7) is 5.06. The molecular formula is C17H22N10O2S. The summed E-state index contributed by atoms with van der Waals surface area (Å²) in [6, 6.07) is 3.42. The number of thioether (sulfide) groups is 1. The highest BCUT2D eigenvalue weighted by Crippen LogP contribution is 2.20. The van der Waals surface area contributed by atoms with Crippen molar-refractivity contribution >= 4 is 46.9 Å². The lowest BCUT2D eigenvalue weighted by Gasteiger charge is -2.09. The Bertz CT molecular complexity index is 1010. The van der Waals surface area contributed by atoms with E-state index in [4.69, 9.17) is 0 Å². The Hall–Kier alpha value is -3.48. The van der Waals surface area contributed by atoms with E-state index in [2.05, 4.69) is 46.4 Å². The zero-order chi connectivity index (χ0) is 21.3. The van der Waals surface area contributed by atoms with Crippen LogP contribution < -0.4 is 21.3 Å². The average Bonchev–Trinajstić information content (AvgIpc) is 3.15. The second kappa shape index (κ2) is 10.3. The Morgan fingerprint density at radius 1 is 1.10 bits per heavy atom. The lowest BCUT2D eigenvalue weighted by atomic mass is 10.4. The van der Waals surface area contributed by atoms with Crippen molar-refractivity contribution in [2.75, 3.05) is 41.3 Å². The van der Waals surface area contributed by atoms with E-state index in [0.717, 1.165) is 0 Å². The number of carbonyl (C=O) groups excluding carboxylic acids is 2. The Balaban J connectivity index is 1.58. The minimum Gasteiger partial charge on any atom is -0.355 e. The van der Waals surface area contributed by atoms with Crippen LogP contribution in [0.4, 0.5) is 17.6 Å². The topological polar surface area (TPSA) is 151 Å². The molecule has 3 aromatic heterocycles. The Morgan fingerprint density at radius 2 is 1.93 bits per heavy atom. The van der Waals surface area contributed by atoms with Gasteiger partial charge in [0, 0.05) is 19.3 Å². The number of anilines is 3. The Kier molecular flexibility index (Phi) is 7.32. The van der Waals surface area contributed by atoms with Gasteiger partial charge < -0.3 is 21.3 Å². The highest BCUT2D eigenvalue weighted by molar-refractivity contribution is 7.99. The molecule has 30 heavy (non-hydrogen) atoms. The number of aromatic nitrogens is 6. The second-order valence-electron chi connectivity index (χ2n) is 5.90. The molecule has 0 fully saturated rings. The molecule has 0 aliphatic heterocycles. The standard InChI is InChI=1S/C17H22N10O2S/c1-3-19-14-23-15(20-4-2)27-16(24-14)25-26-17(27)30-10-13(29)21-9-12(28)22-11-6-5-7-18-8-11/h5-8H,3-4,9-10H2,1-2H3,(H,21,29)(H,22,28)(H2,19,20,23,24,25). The first-order valence-corrected chi connectivity index (χ1v) is 10.3. The average molecular weight is 430 g/mol. The van der Waals surface area contributed by atoms with Gasteiger partial charge in [0.25, 0.3) is 5.78 Å². The fraction of sp³-hybridized carbons (Fsp3) is 0.353. The van der Waals surface area contributed by atoms with E-state index in [-0.39, 0.29) is 24.1 Å². The van der Waals surface area contributed by atoms with Crippen molar-refractivity contribution in [1.29, 1.82) is 0 Å². The fourth-order valence-corrected chi connectivity index (χ4v) is 3.16. The summed E-state index contributed by atoms with van der Waals surface area (Å²) in [4.78, 5) is 36.7. The molecule has 0 unspecified atom stereocenters. The van der Waals surface area contributed by atoms with E-state index < -0.39 is 0 Å². The van der Waals surface area contributed by atoms with Gasteiger partial charge in [-0.25, -0.2) is 4.40 Å². The van der Waals surface area contributed by atoms with Crippen molar-refractivity contribution in [3.8, 4) is 0 Å². The van der Waals surface area contributed by atoms with Gasteiger partial charge in [0.15, 0.2) is 5.16 Å². The van der Waals surface area contributed by atoms with Gasteiger partial charge in [-0.3, -0.25) is 14.6 Å². The van der Waals surface area contributed by atoms with E-state index in [1.165, 1.54) is 18.0 Å². The first kappa shape index (κ1) is 21.2. The summed E-state index contributed by atoms with van der Waals surface area (Å²) in [7, 11) is 0. The van der Waals surface area contributed by atoms with Crippen LogP contribution in [0.25, 0.3) is 5.78 Å². The molecule has 0 saturated heterocycles. The van der Waals surface area contributed by atoms with Crippen molar-refractivity contribution in [2.24, 2.45) is 0 Å². The van der Waals surface area contributed by atoms with Crippen molar-refractivity contribution in [1.82, 2.24) is 34.9 Å². The van der Waals surface area contributed by atoms with E-state index >= 15 is 0 Å². The second-order valence-corrected chi connectivity index (χ2v) is 6.85. The molecule has 13 heteroatoms. The molecular weight excluding hydrogens is 408 g/mol. The molecule has 0 aliphatic carbocycles. The maximum Gasteiger partial charge on any atom is 0.261 e. The minimum absolute atomic E-state index is 0.0570. The highest BCUT2D eigenvalue weighted by Gasteiger charge is 2.16. The molecule has 3 aromatic rings. The van der Waals surface area contributed by atoms with Crippen molar-refractivity contribution < 1.29 is 9.59 Å². The van der Waals surface area contributed by atoms with Crippen LogP contribution in [0.1, 0.15) is 13.8 Å². The van der Waals surface area contributed by atoms with Crippen molar-refractivity contribution in [3.05, 3.63) is 24.5 Å². The van der Waals surface area contributed by atoms with Crippen LogP contribution in [0, 0.1) is 0 Å². The molecule has 0 aromatic carbocycles. The van der Waals surface area contributed by atoms with Crippen LogP contribution in [-0.2, 0) is 9.59 Å². The van der Waals surface area contributed by atoms with Gasteiger partial charge in [-0.1, -0.05) is 11.8 Å². The van der Waals surface area contributed by atoms with E-state index in [1.54, 1.807) is 22.7 Å². The SMILES string of the molecule is CCNc1nc(NCC)n2c(SCC(=O)NCC(=O)Nc3cccnc3)nnc2n1. The van der Waals surface area contributed by atoms with Crippen LogP contribution in [0.5, 0.6) is 0 Å². The lowest BCUT2D eigenvalue weighted by molar-refractivity contribution is -0.122. The summed E-state index contributed by atoms with van der Waals surface area (Å²) in [6.07, 6.45) is 3.13. The van der Waals surface area contributed by atoms with Gasteiger partial charge in [-0.15, -0.1) is 10.2 Å². The van der Waals surface area contributed by atoms with Crippen molar-refractivity contribution in [3.63, 3.8) is 0 Å². The number of rotatable bonds is 10. The Morgan fingerprint density at radius 3 is 2.67 bits per heavy atom. The predicted octanol–water partition coefficient (Wildman–Crippen LogP) is 0.625. The minimum atomic E-state index is -0.340. The van der Waals surface area contributed by atoms with Gasteiger partial charge in [-0.05, 0) is 26.0 Å². The van der Waals surface area contributed by atoms with Crippen LogP contribution in [0.15, 0.2) is 29.7 Å². The van der Waals surface area contributed by atoms with Crippen LogP contribution in [0.2, 0.25) is 0 Å². The van der Waals surface area contributed by atoms with Crippen LogP contribution in [-0.4, -0.2) is 66.8 Å². The first-order chi connectivity index (χ1) is 14.6. The number of hydrogen-bond donors (Lipinski definition) is 4. The first-order valence-electron chi connectivity index (χ1n) is 9.31. The molecule has 3 heterocycles. The fourth-order valence-electron chi connectivity index (χ4n) is 2.40. The summed E-state index contributed by atoms with van der Waals surface area (Å²) in [5, 5.41) is 20.0. The van der Waals surface area contributed by atoms with Gasteiger partial charge in [0.1, 0.15) is 0 Å². The number of fused-ring (bicyclic) bond motifs is 1. The highest BCUT2D eigenvalue weighted by atomic mass is 32.2. The smallest absolute Gasteiger partial charge is 0.261 e. The number of nitrogens with zero attached hydrogens (tertiary/aromatic N) is 6. The van der Waals surface area contributed by atoms with Crippen LogP contribution >= 0.6 is 11.8 Å². The van der Waals surface area contributed by atoms with Gasteiger partial charge in [0.05, 0.1) is 24.2 Å². The molecule has 0 atom stereocenters. The third kappa shape index (κ3) is 5.53. The summed E-state index contributed by atoms with van der Waals surface area (Å²) in [5.74, 6) is 0.753. The number of nitrogens with one attached hydrogen (secondary N) is 4. The monoisotopic (exact) mass is 430 g/mol. The summed E-state index contributed by atoms with van der Waals surface area (Å²) in [5.41, 5.74) is 0.564. The quantitative estimate of drug-likeness (QED) is 0.337. The zero-order valence-electron chi connectivity index (χ0n) is 16.5. The molecule has 0 radical (unpaired) electrons. The number of amides is 2. The normalized spacial score (nSPS) is 10.6. The summed E-state index contributed by atoms with van der Waals surface area (Å²) >= 11 is 1.17. The lowest BCUT2D eigenvalue weighted by Crippen LogP contribution is -2.33. The number of hydrogen-bond acceptors (Lipinski definition) is 10. The maximum absolute atomic E-state index is 12.1. The van der Waals surface area contributed by atoms with Gasteiger partial charge >= 0.3 is 0 Å². The van der Waals surface area contributed by atoms with Crippen LogP contribution in [0.3, 0.4) is 0 Å².